The lowest BCUT2D eigenvalue weighted by molar-refractivity contribution is 0.0964. The molecular formula is C22H25N7O2. The number of ether oxygens (including phenoxy) is 1. The van der Waals surface area contributed by atoms with Crippen LogP contribution in [0.1, 0.15) is 34.5 Å². The molecule has 0 saturated carbocycles. The number of nitrogens with zero attached hydrogens (tertiary/aromatic N) is 5. The first-order chi connectivity index (χ1) is 15.2. The summed E-state index contributed by atoms with van der Waals surface area (Å²) in [5.41, 5.74) is 5.64. The van der Waals surface area contributed by atoms with Gasteiger partial charge >= 0.3 is 6.09 Å². The van der Waals surface area contributed by atoms with Crippen molar-refractivity contribution in [3.05, 3.63) is 64.7 Å². The van der Waals surface area contributed by atoms with E-state index in [1.807, 2.05) is 6.20 Å². The number of hydrogen-bond donors (Lipinski definition) is 2. The van der Waals surface area contributed by atoms with Crippen LogP contribution in [0.5, 0.6) is 0 Å². The monoisotopic (exact) mass is 419 g/mol. The normalized spacial score (nSPS) is 15.4. The average molecular weight is 419 g/mol. The number of hydrogen-bond acceptors (Lipinski definition) is 7. The van der Waals surface area contributed by atoms with E-state index in [0.29, 0.717) is 44.5 Å². The topological polar surface area (TPSA) is 109 Å². The third kappa shape index (κ3) is 4.50. The van der Waals surface area contributed by atoms with Gasteiger partial charge in [-0.25, -0.2) is 14.8 Å². The van der Waals surface area contributed by atoms with Crippen LogP contribution < -0.4 is 5.32 Å². The number of benzene rings is 1. The van der Waals surface area contributed by atoms with Crippen LogP contribution in [0, 0.1) is 0 Å². The number of rotatable bonds is 6. The van der Waals surface area contributed by atoms with Crippen molar-refractivity contribution in [2.45, 2.75) is 44.7 Å². The van der Waals surface area contributed by atoms with Crippen molar-refractivity contribution in [1.29, 1.82) is 0 Å². The number of anilines is 1. The second-order valence-corrected chi connectivity index (χ2v) is 8.03. The standard InChI is InChI=1S/C22H25N7O2/c30-22(31-9-3-6-18-13-24-28-27-18)29-8-7-20-17(14-29)12-23-21(26-20)25-19-10-15-4-1-2-5-16(15)11-19/h1-2,4-5,12-13,19H,3,6-11,14H2,(H,23,25,26)(H,24,27,28). The molecule has 1 aromatic carbocycles. The first kappa shape index (κ1) is 19.5. The Morgan fingerprint density at radius 1 is 1.19 bits per heavy atom. The molecular weight excluding hydrogens is 394 g/mol. The molecule has 1 aliphatic carbocycles. The molecule has 0 bridgehead atoms. The third-order valence-electron chi connectivity index (χ3n) is 5.84. The van der Waals surface area contributed by atoms with Gasteiger partial charge in [-0.1, -0.05) is 24.3 Å². The van der Waals surface area contributed by atoms with E-state index < -0.39 is 0 Å². The third-order valence-corrected chi connectivity index (χ3v) is 5.84. The van der Waals surface area contributed by atoms with Gasteiger partial charge in [-0.3, -0.25) is 0 Å². The zero-order valence-electron chi connectivity index (χ0n) is 17.3. The number of H-pyrrole nitrogens is 1. The van der Waals surface area contributed by atoms with Gasteiger partial charge in [-0.2, -0.15) is 15.4 Å². The average Bonchev–Trinajstić information content (AvgIpc) is 3.45. The lowest BCUT2D eigenvalue weighted by atomic mass is 10.1. The summed E-state index contributed by atoms with van der Waals surface area (Å²) < 4.78 is 5.41. The molecule has 3 heterocycles. The van der Waals surface area contributed by atoms with Gasteiger partial charge in [0.05, 0.1) is 30.7 Å². The highest BCUT2D eigenvalue weighted by Gasteiger charge is 2.25. The predicted octanol–water partition coefficient (Wildman–Crippen LogP) is 2.30. The number of aromatic nitrogens is 5. The van der Waals surface area contributed by atoms with Crippen molar-refractivity contribution in [3.8, 4) is 0 Å². The predicted molar refractivity (Wildman–Crippen MR) is 113 cm³/mol. The fourth-order valence-corrected chi connectivity index (χ4v) is 4.23. The van der Waals surface area contributed by atoms with Crippen LogP contribution in [0.3, 0.4) is 0 Å². The van der Waals surface area contributed by atoms with Crippen LogP contribution in [0.25, 0.3) is 0 Å². The van der Waals surface area contributed by atoms with E-state index in [2.05, 4.69) is 50.0 Å². The number of fused-ring (bicyclic) bond motifs is 2. The SMILES string of the molecule is O=C(OCCCc1cn[nH]n1)N1CCc2nc(NC3Cc4ccccc4C3)ncc2C1. The van der Waals surface area contributed by atoms with Crippen molar-refractivity contribution < 1.29 is 9.53 Å². The zero-order valence-corrected chi connectivity index (χ0v) is 17.3. The smallest absolute Gasteiger partial charge is 0.410 e. The second-order valence-electron chi connectivity index (χ2n) is 8.03. The minimum atomic E-state index is -0.295. The van der Waals surface area contributed by atoms with Crippen molar-refractivity contribution in [2.75, 3.05) is 18.5 Å². The highest BCUT2D eigenvalue weighted by molar-refractivity contribution is 5.68. The van der Waals surface area contributed by atoms with Crippen LogP contribution in [-0.2, 0) is 37.0 Å². The summed E-state index contributed by atoms with van der Waals surface area (Å²) in [4.78, 5) is 23.3. The van der Waals surface area contributed by atoms with E-state index in [1.165, 1.54) is 11.1 Å². The summed E-state index contributed by atoms with van der Waals surface area (Å²) >= 11 is 0. The van der Waals surface area contributed by atoms with Crippen LogP contribution in [-0.4, -0.2) is 55.6 Å². The van der Waals surface area contributed by atoms with Crippen molar-refractivity contribution >= 4 is 12.0 Å². The van der Waals surface area contributed by atoms with Gasteiger partial charge in [-0.05, 0) is 36.8 Å². The van der Waals surface area contributed by atoms with E-state index in [4.69, 9.17) is 9.72 Å². The molecule has 0 saturated heterocycles. The van der Waals surface area contributed by atoms with Crippen LogP contribution >= 0.6 is 0 Å². The highest BCUT2D eigenvalue weighted by atomic mass is 16.6. The molecule has 1 aliphatic heterocycles. The Bertz CT molecular complexity index is 1030. The lowest BCUT2D eigenvalue weighted by Crippen LogP contribution is -2.37. The summed E-state index contributed by atoms with van der Waals surface area (Å²) in [6.45, 7) is 1.44. The molecule has 160 valence electrons. The maximum Gasteiger partial charge on any atom is 0.410 e. The van der Waals surface area contributed by atoms with Gasteiger partial charge in [0, 0.05) is 30.8 Å². The van der Waals surface area contributed by atoms with Crippen molar-refractivity contribution in [2.24, 2.45) is 0 Å². The molecule has 9 heteroatoms. The Morgan fingerprint density at radius 2 is 2.03 bits per heavy atom. The Morgan fingerprint density at radius 3 is 2.81 bits per heavy atom. The minimum absolute atomic E-state index is 0.295. The molecule has 0 unspecified atom stereocenters. The first-order valence-electron chi connectivity index (χ1n) is 10.7. The second kappa shape index (κ2) is 8.71. The molecule has 0 spiro atoms. The van der Waals surface area contributed by atoms with E-state index in [1.54, 1.807) is 11.1 Å². The maximum atomic E-state index is 12.4. The summed E-state index contributed by atoms with van der Waals surface area (Å²) in [6.07, 6.45) is 7.34. The number of nitrogens with one attached hydrogen (secondary N) is 2. The Kier molecular flexibility index (Phi) is 5.47. The van der Waals surface area contributed by atoms with Gasteiger partial charge in [0.1, 0.15) is 0 Å². The number of carbonyl (C=O) groups excluding carboxylic acids is 1. The fraction of sp³-hybridized carbons (Fsp3) is 0.409. The molecule has 2 N–H and O–H groups in total. The van der Waals surface area contributed by atoms with E-state index in [9.17, 15) is 4.79 Å². The maximum absolute atomic E-state index is 12.4. The van der Waals surface area contributed by atoms with Gasteiger partial charge in [0.15, 0.2) is 0 Å². The number of aryl methyl sites for hydroxylation is 1. The van der Waals surface area contributed by atoms with Crippen LogP contribution in [0.2, 0.25) is 0 Å². The first-order valence-corrected chi connectivity index (χ1v) is 10.7. The molecule has 2 aliphatic rings. The van der Waals surface area contributed by atoms with Crippen molar-refractivity contribution in [1.82, 2.24) is 30.3 Å². The molecule has 31 heavy (non-hydrogen) atoms. The van der Waals surface area contributed by atoms with Crippen LogP contribution in [0.4, 0.5) is 10.7 Å². The fourth-order valence-electron chi connectivity index (χ4n) is 4.23. The summed E-state index contributed by atoms with van der Waals surface area (Å²) in [5, 5.41) is 13.8. The van der Waals surface area contributed by atoms with Crippen molar-refractivity contribution in [3.63, 3.8) is 0 Å². The lowest BCUT2D eigenvalue weighted by Gasteiger charge is -2.27. The molecule has 0 fully saturated rings. The number of amides is 1. The number of aromatic amines is 1. The molecule has 3 aromatic rings. The van der Waals surface area contributed by atoms with Crippen LogP contribution in [0.15, 0.2) is 36.7 Å². The molecule has 9 nitrogen and oxygen atoms in total. The van der Waals surface area contributed by atoms with E-state index >= 15 is 0 Å². The Labute approximate surface area is 180 Å². The molecule has 5 rings (SSSR count). The molecule has 0 radical (unpaired) electrons. The van der Waals surface area contributed by atoms with Gasteiger partial charge in [0.25, 0.3) is 0 Å². The summed E-state index contributed by atoms with van der Waals surface area (Å²) in [5.74, 6) is 0.667. The van der Waals surface area contributed by atoms with Gasteiger partial charge in [0.2, 0.25) is 5.95 Å². The molecule has 2 aromatic heterocycles. The van der Waals surface area contributed by atoms with E-state index in [-0.39, 0.29) is 6.09 Å². The summed E-state index contributed by atoms with van der Waals surface area (Å²) in [6, 6.07) is 8.87. The Hall–Kier alpha value is -3.49. The highest BCUT2D eigenvalue weighted by Crippen LogP contribution is 2.24. The van der Waals surface area contributed by atoms with E-state index in [0.717, 1.165) is 36.2 Å². The van der Waals surface area contributed by atoms with Gasteiger partial charge in [-0.15, -0.1) is 0 Å². The largest absolute Gasteiger partial charge is 0.449 e. The number of carbonyl (C=O) groups is 1. The Balaban J connectivity index is 1.12. The zero-order chi connectivity index (χ0) is 21.0. The molecule has 1 amide bonds. The van der Waals surface area contributed by atoms with Gasteiger partial charge < -0.3 is 15.0 Å². The quantitative estimate of drug-likeness (QED) is 0.590. The summed E-state index contributed by atoms with van der Waals surface area (Å²) in [7, 11) is 0. The minimum Gasteiger partial charge on any atom is -0.449 e. The molecule has 0 atom stereocenters.